The standard InChI is InChI=1S/C8H8O2/c1-2-6-4-3-5-7(9)8(6)10/h1,3-5,7-10H. The molecule has 0 heterocycles. The molecule has 10 heavy (non-hydrogen) atoms. The summed E-state index contributed by atoms with van der Waals surface area (Å²) in [6.45, 7) is 0. The topological polar surface area (TPSA) is 40.5 Å². The molecule has 2 nitrogen and oxygen atoms in total. The zero-order chi connectivity index (χ0) is 7.56. The van der Waals surface area contributed by atoms with Crippen molar-refractivity contribution >= 4 is 0 Å². The molecule has 0 spiro atoms. The zero-order valence-corrected chi connectivity index (χ0v) is 5.36. The monoisotopic (exact) mass is 136 g/mol. The quantitative estimate of drug-likeness (QED) is 0.454. The molecule has 0 aromatic rings. The van der Waals surface area contributed by atoms with Crippen molar-refractivity contribution in [3.63, 3.8) is 0 Å². The Hall–Kier alpha value is -1.04. The summed E-state index contributed by atoms with van der Waals surface area (Å²) in [5.74, 6) is 2.28. The van der Waals surface area contributed by atoms with Crippen LogP contribution in [-0.2, 0) is 0 Å². The first-order valence-electron chi connectivity index (χ1n) is 2.97. The van der Waals surface area contributed by atoms with Gasteiger partial charge in [0.2, 0.25) is 0 Å². The van der Waals surface area contributed by atoms with E-state index in [0.29, 0.717) is 5.57 Å². The SMILES string of the molecule is C#CC1=CC=CC(O)C1O. The fraction of sp³-hybridized carbons (Fsp3) is 0.250. The molecule has 2 atom stereocenters. The molecule has 1 rings (SSSR count). The first-order chi connectivity index (χ1) is 4.75. The van der Waals surface area contributed by atoms with Gasteiger partial charge < -0.3 is 10.2 Å². The lowest BCUT2D eigenvalue weighted by Crippen LogP contribution is -2.27. The van der Waals surface area contributed by atoms with Crippen molar-refractivity contribution in [3.05, 3.63) is 23.8 Å². The molecular formula is C8H8O2. The molecular weight excluding hydrogens is 128 g/mol. The summed E-state index contributed by atoms with van der Waals surface area (Å²) in [5, 5.41) is 18.1. The Morgan fingerprint density at radius 1 is 1.50 bits per heavy atom. The van der Waals surface area contributed by atoms with E-state index in [4.69, 9.17) is 16.6 Å². The largest absolute Gasteiger partial charge is 0.386 e. The van der Waals surface area contributed by atoms with Crippen LogP contribution >= 0.6 is 0 Å². The number of terminal acetylenes is 1. The van der Waals surface area contributed by atoms with E-state index in [1.807, 2.05) is 0 Å². The average Bonchev–Trinajstić information content (AvgIpc) is 1.95. The first-order valence-corrected chi connectivity index (χ1v) is 2.97. The van der Waals surface area contributed by atoms with E-state index in [-0.39, 0.29) is 0 Å². The number of aliphatic hydroxyl groups is 2. The third-order valence-electron chi connectivity index (χ3n) is 1.39. The van der Waals surface area contributed by atoms with Gasteiger partial charge in [0.05, 0.1) is 0 Å². The van der Waals surface area contributed by atoms with E-state index in [2.05, 4.69) is 5.92 Å². The van der Waals surface area contributed by atoms with E-state index in [9.17, 15) is 0 Å². The second-order valence-corrected chi connectivity index (χ2v) is 2.09. The molecule has 0 aliphatic heterocycles. The van der Waals surface area contributed by atoms with E-state index >= 15 is 0 Å². The lowest BCUT2D eigenvalue weighted by atomic mass is 10.0. The van der Waals surface area contributed by atoms with Crippen LogP contribution in [0.15, 0.2) is 23.8 Å². The van der Waals surface area contributed by atoms with Crippen LogP contribution in [0.1, 0.15) is 0 Å². The van der Waals surface area contributed by atoms with Crippen molar-refractivity contribution in [1.29, 1.82) is 0 Å². The van der Waals surface area contributed by atoms with E-state index < -0.39 is 12.2 Å². The Labute approximate surface area is 59.5 Å². The minimum Gasteiger partial charge on any atom is -0.386 e. The van der Waals surface area contributed by atoms with Gasteiger partial charge in [-0.15, -0.1) is 6.42 Å². The lowest BCUT2D eigenvalue weighted by molar-refractivity contribution is 0.0745. The lowest BCUT2D eigenvalue weighted by Gasteiger charge is -2.16. The molecule has 52 valence electrons. The summed E-state index contributed by atoms with van der Waals surface area (Å²) >= 11 is 0. The van der Waals surface area contributed by atoms with Crippen LogP contribution in [0.2, 0.25) is 0 Å². The minimum atomic E-state index is -0.921. The normalized spacial score (nSPS) is 31.1. The van der Waals surface area contributed by atoms with Crippen LogP contribution in [0.4, 0.5) is 0 Å². The molecule has 0 saturated heterocycles. The Balaban J connectivity index is 2.84. The summed E-state index contributed by atoms with van der Waals surface area (Å²) in [5.41, 5.74) is 0.426. The van der Waals surface area contributed by atoms with Crippen molar-refractivity contribution < 1.29 is 10.2 Å². The zero-order valence-electron chi connectivity index (χ0n) is 5.36. The van der Waals surface area contributed by atoms with Crippen molar-refractivity contribution in [2.24, 2.45) is 0 Å². The summed E-state index contributed by atoms with van der Waals surface area (Å²) in [7, 11) is 0. The highest BCUT2D eigenvalue weighted by Crippen LogP contribution is 2.11. The summed E-state index contributed by atoms with van der Waals surface area (Å²) in [6.07, 6.45) is 7.99. The van der Waals surface area contributed by atoms with E-state index in [0.717, 1.165) is 0 Å². The van der Waals surface area contributed by atoms with Crippen LogP contribution in [0.25, 0.3) is 0 Å². The second kappa shape index (κ2) is 2.70. The summed E-state index contributed by atoms with van der Waals surface area (Å²) < 4.78 is 0. The number of aliphatic hydroxyl groups excluding tert-OH is 2. The molecule has 0 aromatic heterocycles. The van der Waals surface area contributed by atoms with Crippen LogP contribution in [0.3, 0.4) is 0 Å². The molecule has 2 heteroatoms. The highest BCUT2D eigenvalue weighted by atomic mass is 16.3. The number of rotatable bonds is 0. The fourth-order valence-electron chi connectivity index (χ4n) is 0.794. The van der Waals surface area contributed by atoms with Crippen LogP contribution in [-0.4, -0.2) is 22.4 Å². The van der Waals surface area contributed by atoms with Crippen LogP contribution in [0.5, 0.6) is 0 Å². The molecule has 0 bridgehead atoms. The smallest absolute Gasteiger partial charge is 0.116 e. The highest BCUT2D eigenvalue weighted by Gasteiger charge is 2.18. The van der Waals surface area contributed by atoms with Crippen molar-refractivity contribution in [3.8, 4) is 12.3 Å². The Morgan fingerprint density at radius 3 is 2.70 bits per heavy atom. The fourth-order valence-corrected chi connectivity index (χ4v) is 0.794. The predicted molar refractivity (Wildman–Crippen MR) is 38.1 cm³/mol. The van der Waals surface area contributed by atoms with Crippen molar-refractivity contribution in [1.82, 2.24) is 0 Å². The van der Waals surface area contributed by atoms with Gasteiger partial charge in [0, 0.05) is 5.57 Å². The van der Waals surface area contributed by atoms with Gasteiger partial charge >= 0.3 is 0 Å². The molecule has 1 aliphatic carbocycles. The minimum absolute atomic E-state index is 0.426. The molecule has 2 unspecified atom stereocenters. The van der Waals surface area contributed by atoms with Gasteiger partial charge in [0.15, 0.2) is 0 Å². The average molecular weight is 136 g/mol. The maximum absolute atomic E-state index is 9.13. The molecule has 0 amide bonds. The maximum atomic E-state index is 9.13. The van der Waals surface area contributed by atoms with Crippen LogP contribution in [0, 0.1) is 12.3 Å². The Bertz CT molecular complexity index is 220. The molecule has 1 aliphatic rings. The van der Waals surface area contributed by atoms with Gasteiger partial charge in [-0.05, 0) is 6.08 Å². The third kappa shape index (κ3) is 1.10. The van der Waals surface area contributed by atoms with Crippen LogP contribution < -0.4 is 0 Å². The summed E-state index contributed by atoms with van der Waals surface area (Å²) in [6, 6.07) is 0. The number of hydrogen-bond donors (Lipinski definition) is 2. The van der Waals surface area contributed by atoms with Crippen molar-refractivity contribution in [2.75, 3.05) is 0 Å². The van der Waals surface area contributed by atoms with E-state index in [1.54, 1.807) is 12.2 Å². The van der Waals surface area contributed by atoms with Gasteiger partial charge in [-0.3, -0.25) is 0 Å². The Morgan fingerprint density at radius 2 is 2.20 bits per heavy atom. The van der Waals surface area contributed by atoms with Gasteiger partial charge in [0.1, 0.15) is 12.2 Å². The molecule has 0 fully saturated rings. The van der Waals surface area contributed by atoms with Gasteiger partial charge in [-0.2, -0.15) is 0 Å². The number of allylic oxidation sites excluding steroid dienone is 2. The molecule has 0 aromatic carbocycles. The summed E-state index contributed by atoms with van der Waals surface area (Å²) in [4.78, 5) is 0. The number of hydrogen-bond acceptors (Lipinski definition) is 2. The predicted octanol–water partition coefficient (Wildman–Crippen LogP) is -0.162. The first kappa shape index (κ1) is 7.07. The molecule has 0 saturated carbocycles. The van der Waals surface area contributed by atoms with Crippen molar-refractivity contribution in [2.45, 2.75) is 12.2 Å². The van der Waals surface area contributed by atoms with E-state index in [1.165, 1.54) is 6.08 Å². The third-order valence-corrected chi connectivity index (χ3v) is 1.39. The van der Waals surface area contributed by atoms with Gasteiger partial charge in [-0.25, -0.2) is 0 Å². The van der Waals surface area contributed by atoms with Gasteiger partial charge in [-0.1, -0.05) is 18.1 Å². The second-order valence-electron chi connectivity index (χ2n) is 2.09. The molecule has 2 N–H and O–H groups in total. The maximum Gasteiger partial charge on any atom is 0.116 e. The molecule has 0 radical (unpaired) electrons. The highest BCUT2D eigenvalue weighted by molar-refractivity contribution is 5.37. The Kier molecular flexibility index (Phi) is 1.91. The van der Waals surface area contributed by atoms with Gasteiger partial charge in [0.25, 0.3) is 0 Å².